The van der Waals surface area contributed by atoms with Crippen LogP contribution in [-0.2, 0) is 22.8 Å². The van der Waals surface area contributed by atoms with E-state index in [1.807, 2.05) is 12.1 Å². The minimum Gasteiger partial charge on any atom is -0.365 e. The van der Waals surface area contributed by atoms with Gasteiger partial charge in [-0.1, -0.05) is 19.1 Å². The number of nitrogens with one attached hydrogen (secondary N) is 1. The summed E-state index contributed by atoms with van der Waals surface area (Å²) >= 11 is 1.68. The number of hydrogen-bond acceptors (Lipinski definition) is 6. The lowest BCUT2D eigenvalue weighted by molar-refractivity contribution is 0.602. The molecule has 0 atom stereocenters. The number of aryl methyl sites for hydroxylation is 1. The molecular weight excluding hydrogens is 330 g/mol. The van der Waals surface area contributed by atoms with Crippen molar-refractivity contribution in [1.29, 1.82) is 0 Å². The highest BCUT2D eigenvalue weighted by Crippen LogP contribution is 2.28. The quantitative estimate of drug-likeness (QED) is 0.767. The van der Waals surface area contributed by atoms with Gasteiger partial charge in [-0.2, -0.15) is 0 Å². The predicted octanol–water partition coefficient (Wildman–Crippen LogP) is 3.27. The number of anilines is 1. The number of nitrogens with zero attached hydrogens (tertiary/aromatic N) is 2. The Hall–Kier alpha value is -1.99. The van der Waals surface area contributed by atoms with Gasteiger partial charge in [-0.3, -0.25) is 0 Å². The Morgan fingerprint density at radius 3 is 2.57 bits per heavy atom. The molecule has 0 saturated heterocycles. The van der Waals surface area contributed by atoms with Crippen LogP contribution in [0.1, 0.15) is 17.4 Å². The summed E-state index contributed by atoms with van der Waals surface area (Å²) in [4.78, 5) is 11.2. The second kappa shape index (κ2) is 6.25. The zero-order valence-corrected chi connectivity index (χ0v) is 14.5. The summed E-state index contributed by atoms with van der Waals surface area (Å²) in [6.07, 6.45) is 3.75. The number of rotatable bonds is 5. The van der Waals surface area contributed by atoms with Crippen molar-refractivity contribution in [2.75, 3.05) is 11.6 Å². The fourth-order valence-corrected chi connectivity index (χ4v) is 3.83. The maximum absolute atomic E-state index is 11.5. The number of hydrogen-bond donors (Lipinski definition) is 1. The summed E-state index contributed by atoms with van der Waals surface area (Å²) in [5.41, 5.74) is 0.995. The molecule has 3 aromatic rings. The third-order valence-electron chi connectivity index (χ3n) is 3.54. The average Bonchev–Trinajstić information content (AvgIpc) is 2.96. The SMILES string of the molecule is CCc1cc2c(NCc3ccc(S(C)(=O)=O)cc3)ncnc2s1. The minimum atomic E-state index is -3.16. The lowest BCUT2D eigenvalue weighted by atomic mass is 10.2. The second-order valence-corrected chi connectivity index (χ2v) is 8.41. The van der Waals surface area contributed by atoms with Gasteiger partial charge in [-0.15, -0.1) is 11.3 Å². The van der Waals surface area contributed by atoms with E-state index in [1.165, 1.54) is 11.1 Å². The molecule has 0 radical (unpaired) electrons. The Kier molecular flexibility index (Phi) is 4.32. The smallest absolute Gasteiger partial charge is 0.175 e. The zero-order chi connectivity index (χ0) is 16.4. The molecule has 5 nitrogen and oxygen atoms in total. The average molecular weight is 347 g/mol. The normalized spacial score (nSPS) is 11.7. The summed E-state index contributed by atoms with van der Waals surface area (Å²) in [7, 11) is -3.16. The van der Waals surface area contributed by atoms with E-state index in [-0.39, 0.29) is 0 Å². The largest absolute Gasteiger partial charge is 0.365 e. The van der Waals surface area contributed by atoms with Gasteiger partial charge in [0.2, 0.25) is 0 Å². The van der Waals surface area contributed by atoms with Crippen molar-refractivity contribution in [1.82, 2.24) is 9.97 Å². The molecule has 120 valence electrons. The highest BCUT2D eigenvalue weighted by Gasteiger charge is 2.09. The molecule has 23 heavy (non-hydrogen) atoms. The first-order chi connectivity index (χ1) is 11.0. The van der Waals surface area contributed by atoms with Crippen LogP contribution in [0, 0.1) is 0 Å². The summed E-state index contributed by atoms with van der Waals surface area (Å²) in [6.45, 7) is 2.70. The molecule has 2 aromatic heterocycles. The van der Waals surface area contributed by atoms with E-state index in [9.17, 15) is 8.42 Å². The Labute approximate surface area is 139 Å². The third-order valence-corrected chi connectivity index (χ3v) is 5.86. The molecule has 2 heterocycles. The highest BCUT2D eigenvalue weighted by molar-refractivity contribution is 7.90. The van der Waals surface area contributed by atoms with Gasteiger partial charge in [0.05, 0.1) is 10.3 Å². The molecule has 3 rings (SSSR count). The molecule has 0 saturated carbocycles. The Bertz CT molecular complexity index is 932. The first-order valence-corrected chi connectivity index (χ1v) is 9.94. The van der Waals surface area contributed by atoms with Crippen LogP contribution in [0.15, 0.2) is 41.6 Å². The van der Waals surface area contributed by atoms with E-state index < -0.39 is 9.84 Å². The maximum Gasteiger partial charge on any atom is 0.175 e. The lowest BCUT2D eigenvalue weighted by Crippen LogP contribution is -2.03. The Balaban J connectivity index is 1.79. The van der Waals surface area contributed by atoms with Crippen molar-refractivity contribution in [2.24, 2.45) is 0 Å². The van der Waals surface area contributed by atoms with Gasteiger partial charge in [-0.05, 0) is 30.2 Å². The maximum atomic E-state index is 11.5. The van der Waals surface area contributed by atoms with Crippen molar-refractivity contribution in [3.63, 3.8) is 0 Å². The highest BCUT2D eigenvalue weighted by atomic mass is 32.2. The molecule has 7 heteroatoms. The summed E-state index contributed by atoms with van der Waals surface area (Å²) in [5, 5.41) is 4.34. The van der Waals surface area contributed by atoms with Crippen molar-refractivity contribution in [3.05, 3.63) is 47.1 Å². The molecule has 0 bridgehead atoms. The molecule has 0 aliphatic carbocycles. The van der Waals surface area contributed by atoms with Crippen LogP contribution in [0.5, 0.6) is 0 Å². The number of fused-ring (bicyclic) bond motifs is 1. The van der Waals surface area contributed by atoms with Gasteiger partial charge in [0.25, 0.3) is 0 Å². The van der Waals surface area contributed by atoms with Crippen LogP contribution >= 0.6 is 11.3 Å². The molecular formula is C16H17N3O2S2. The second-order valence-electron chi connectivity index (χ2n) is 5.28. The molecule has 0 fully saturated rings. The summed E-state index contributed by atoms with van der Waals surface area (Å²) < 4.78 is 22.9. The third kappa shape index (κ3) is 3.51. The zero-order valence-electron chi connectivity index (χ0n) is 12.9. The topological polar surface area (TPSA) is 72.0 Å². The summed E-state index contributed by atoms with van der Waals surface area (Å²) in [6, 6.07) is 9.00. The number of benzene rings is 1. The van der Waals surface area contributed by atoms with E-state index in [1.54, 1.807) is 29.8 Å². The van der Waals surface area contributed by atoms with Gasteiger partial charge in [0.1, 0.15) is 17.0 Å². The van der Waals surface area contributed by atoms with Gasteiger partial charge in [0.15, 0.2) is 9.84 Å². The van der Waals surface area contributed by atoms with E-state index in [4.69, 9.17) is 0 Å². The molecule has 0 unspecified atom stereocenters. The van der Waals surface area contributed by atoms with Crippen molar-refractivity contribution in [2.45, 2.75) is 24.8 Å². The number of thiophene rings is 1. The fraction of sp³-hybridized carbons (Fsp3) is 0.250. The van der Waals surface area contributed by atoms with E-state index >= 15 is 0 Å². The summed E-state index contributed by atoms with van der Waals surface area (Å²) in [5.74, 6) is 0.804. The van der Waals surface area contributed by atoms with Crippen LogP contribution in [-0.4, -0.2) is 24.6 Å². The lowest BCUT2D eigenvalue weighted by Gasteiger charge is -2.07. The first kappa shape index (κ1) is 15.9. The predicted molar refractivity (Wildman–Crippen MR) is 93.7 cm³/mol. The first-order valence-electron chi connectivity index (χ1n) is 7.23. The van der Waals surface area contributed by atoms with Gasteiger partial charge >= 0.3 is 0 Å². The van der Waals surface area contributed by atoms with Crippen molar-refractivity contribution < 1.29 is 8.42 Å². The van der Waals surface area contributed by atoms with E-state index in [0.717, 1.165) is 28.0 Å². The molecule has 0 aliphatic rings. The molecule has 1 aromatic carbocycles. The van der Waals surface area contributed by atoms with Crippen molar-refractivity contribution in [3.8, 4) is 0 Å². The molecule has 0 aliphatic heterocycles. The number of aromatic nitrogens is 2. The monoisotopic (exact) mass is 347 g/mol. The molecule has 0 spiro atoms. The minimum absolute atomic E-state index is 0.330. The fourth-order valence-electron chi connectivity index (χ4n) is 2.26. The number of sulfone groups is 1. The Morgan fingerprint density at radius 2 is 1.91 bits per heavy atom. The molecule has 1 N–H and O–H groups in total. The molecule has 0 amide bonds. The standard InChI is InChI=1S/C16H17N3O2S2/c1-3-12-8-14-15(18-10-19-16(14)22-12)17-9-11-4-6-13(7-5-11)23(2,20)21/h4-8,10H,3,9H2,1-2H3,(H,17,18,19). The van der Waals surface area contributed by atoms with Crippen molar-refractivity contribution >= 4 is 37.2 Å². The van der Waals surface area contributed by atoms with E-state index in [2.05, 4.69) is 28.3 Å². The van der Waals surface area contributed by atoms with Gasteiger partial charge in [0, 0.05) is 17.7 Å². The van der Waals surface area contributed by atoms with Crippen LogP contribution < -0.4 is 5.32 Å². The Morgan fingerprint density at radius 1 is 1.17 bits per heavy atom. The van der Waals surface area contributed by atoms with Gasteiger partial charge < -0.3 is 5.32 Å². The van der Waals surface area contributed by atoms with Crippen LogP contribution in [0.25, 0.3) is 10.2 Å². The van der Waals surface area contributed by atoms with Crippen LogP contribution in [0.3, 0.4) is 0 Å². The van der Waals surface area contributed by atoms with Crippen LogP contribution in [0.4, 0.5) is 5.82 Å². The van der Waals surface area contributed by atoms with Crippen LogP contribution in [0.2, 0.25) is 0 Å². The van der Waals surface area contributed by atoms with E-state index in [0.29, 0.717) is 11.4 Å². The van der Waals surface area contributed by atoms with Gasteiger partial charge in [-0.25, -0.2) is 18.4 Å².